The van der Waals surface area contributed by atoms with E-state index >= 15 is 0 Å². The highest BCUT2D eigenvalue weighted by atomic mass is 16.5. The predicted octanol–water partition coefficient (Wildman–Crippen LogP) is 6.78. The van der Waals surface area contributed by atoms with Gasteiger partial charge in [0, 0.05) is 22.8 Å². The Bertz CT molecular complexity index is 1560. The minimum absolute atomic E-state index is 0.0545. The number of carbonyl (C=O) groups excluding carboxylic acids is 1. The summed E-state index contributed by atoms with van der Waals surface area (Å²) in [7, 11) is 6.18. The van der Waals surface area contributed by atoms with Crippen LogP contribution in [0.25, 0.3) is 0 Å². The van der Waals surface area contributed by atoms with Crippen LogP contribution in [0.15, 0.2) is 29.8 Å². The topological polar surface area (TPSA) is 156 Å². The van der Waals surface area contributed by atoms with Crippen LogP contribution in [-0.4, -0.2) is 80.8 Å². The number of carboxylic acids is 2. The average Bonchev–Trinajstić information content (AvgIpc) is 3.06. The van der Waals surface area contributed by atoms with Gasteiger partial charge >= 0.3 is 11.9 Å². The lowest BCUT2D eigenvalue weighted by atomic mass is 9.88. The number of Topliss-reactive ketones (excluding diaryl/α,β-unsaturated/α-hetero) is 1. The van der Waals surface area contributed by atoms with E-state index in [1.807, 2.05) is 40.7 Å². The van der Waals surface area contributed by atoms with Gasteiger partial charge in [-0.3, -0.25) is 4.79 Å². The smallest absolute Gasteiger partial charge is 0.329 e. The van der Waals surface area contributed by atoms with Crippen molar-refractivity contribution >= 4 is 17.7 Å². The predicted molar refractivity (Wildman–Crippen MR) is 186 cm³/mol. The summed E-state index contributed by atoms with van der Waals surface area (Å²) < 4.78 is 40.6. The van der Waals surface area contributed by atoms with E-state index in [2.05, 4.69) is 6.08 Å². The third kappa shape index (κ3) is 10.6. The second-order valence-electron chi connectivity index (χ2n) is 13.6. The lowest BCUT2D eigenvalue weighted by Gasteiger charge is -2.31. The zero-order chi connectivity index (χ0) is 37.2. The number of benzene rings is 2. The first-order valence-electron chi connectivity index (χ1n) is 16.6. The molecule has 3 rings (SSSR count). The SMILES string of the molecule is COc1cc2c(c(OC)c1CCC(C)(C)OCC(=O)O)C(=O)CC(c1ccc(OC)c(OC)c1CC=C(C)CCCC(C)(C)OCC(=O)O)O2. The van der Waals surface area contributed by atoms with Gasteiger partial charge in [-0.2, -0.15) is 0 Å². The normalized spacial score (nSPS) is 14.9. The third-order valence-corrected chi connectivity index (χ3v) is 8.84. The fourth-order valence-electron chi connectivity index (χ4n) is 6.07. The van der Waals surface area contributed by atoms with E-state index in [1.165, 1.54) is 14.2 Å². The van der Waals surface area contributed by atoms with Crippen molar-refractivity contribution in [3.05, 3.63) is 52.1 Å². The molecule has 1 atom stereocenters. The first kappa shape index (κ1) is 40.1. The Morgan fingerprint density at radius 1 is 0.860 bits per heavy atom. The highest BCUT2D eigenvalue weighted by Crippen LogP contribution is 2.48. The minimum Gasteiger partial charge on any atom is -0.496 e. The van der Waals surface area contributed by atoms with E-state index in [0.717, 1.165) is 29.5 Å². The molecule has 12 nitrogen and oxygen atoms in total. The van der Waals surface area contributed by atoms with Crippen LogP contribution in [-0.2, 0) is 31.9 Å². The Morgan fingerprint density at radius 2 is 1.46 bits per heavy atom. The number of ether oxygens (including phenoxy) is 7. The van der Waals surface area contributed by atoms with Crippen LogP contribution >= 0.6 is 0 Å². The number of methoxy groups -OCH3 is 4. The Labute approximate surface area is 294 Å². The maximum atomic E-state index is 13.9. The third-order valence-electron chi connectivity index (χ3n) is 8.84. The molecule has 1 heterocycles. The number of hydrogen-bond acceptors (Lipinski definition) is 10. The van der Waals surface area contributed by atoms with Crippen molar-refractivity contribution in [3.63, 3.8) is 0 Å². The van der Waals surface area contributed by atoms with Gasteiger partial charge in [-0.1, -0.05) is 17.7 Å². The van der Waals surface area contributed by atoms with E-state index in [9.17, 15) is 14.4 Å². The Morgan fingerprint density at radius 3 is 2.02 bits per heavy atom. The number of carbonyl (C=O) groups is 3. The molecule has 1 aliphatic heterocycles. The summed E-state index contributed by atoms with van der Waals surface area (Å²) in [4.78, 5) is 35.9. The highest BCUT2D eigenvalue weighted by molar-refractivity contribution is 6.03. The molecule has 1 aliphatic rings. The fraction of sp³-hybridized carbons (Fsp3) is 0.553. The summed E-state index contributed by atoms with van der Waals surface area (Å²) >= 11 is 0. The van der Waals surface area contributed by atoms with Gasteiger partial charge in [-0.15, -0.1) is 0 Å². The molecule has 276 valence electrons. The van der Waals surface area contributed by atoms with Gasteiger partial charge in [0.05, 0.1) is 46.1 Å². The molecule has 0 radical (unpaired) electrons. The second-order valence-corrected chi connectivity index (χ2v) is 13.6. The van der Waals surface area contributed by atoms with Gasteiger partial charge in [0.25, 0.3) is 0 Å². The Balaban J connectivity index is 1.91. The molecule has 2 aromatic carbocycles. The summed E-state index contributed by atoms with van der Waals surface area (Å²) in [6.45, 7) is 8.69. The van der Waals surface area contributed by atoms with E-state index < -0.39 is 35.9 Å². The zero-order valence-electron chi connectivity index (χ0n) is 30.7. The zero-order valence-corrected chi connectivity index (χ0v) is 30.7. The number of rotatable bonds is 20. The molecular formula is C38H52O12. The molecule has 0 aromatic heterocycles. The van der Waals surface area contributed by atoms with Gasteiger partial charge < -0.3 is 43.4 Å². The highest BCUT2D eigenvalue weighted by Gasteiger charge is 2.36. The van der Waals surface area contributed by atoms with Crippen LogP contribution in [0.3, 0.4) is 0 Å². The molecule has 0 amide bonds. The van der Waals surface area contributed by atoms with Crippen LogP contribution in [0, 0.1) is 0 Å². The van der Waals surface area contributed by atoms with E-state index in [-0.39, 0.29) is 18.8 Å². The monoisotopic (exact) mass is 700 g/mol. The summed E-state index contributed by atoms with van der Waals surface area (Å²) in [5.41, 5.74) is 2.45. The molecule has 50 heavy (non-hydrogen) atoms. The van der Waals surface area contributed by atoms with Crippen LogP contribution in [0.2, 0.25) is 0 Å². The molecule has 0 bridgehead atoms. The molecule has 12 heteroatoms. The van der Waals surface area contributed by atoms with Crippen molar-refractivity contribution < 1.29 is 57.8 Å². The largest absolute Gasteiger partial charge is 0.496 e. The first-order valence-corrected chi connectivity index (χ1v) is 16.6. The van der Waals surface area contributed by atoms with Crippen molar-refractivity contribution in [2.75, 3.05) is 41.7 Å². The molecule has 2 N–H and O–H groups in total. The van der Waals surface area contributed by atoms with Gasteiger partial charge in [0.15, 0.2) is 17.3 Å². The van der Waals surface area contributed by atoms with Crippen molar-refractivity contribution in [1.82, 2.24) is 0 Å². The lowest BCUT2D eigenvalue weighted by Crippen LogP contribution is -2.28. The van der Waals surface area contributed by atoms with Crippen molar-refractivity contribution in [2.24, 2.45) is 0 Å². The molecule has 1 unspecified atom stereocenters. The summed E-state index contributed by atoms with van der Waals surface area (Å²) in [6, 6.07) is 5.40. The molecule has 0 fully saturated rings. The van der Waals surface area contributed by atoms with E-state index in [4.69, 9.17) is 43.4 Å². The molecule has 0 saturated carbocycles. The average molecular weight is 701 g/mol. The molecule has 0 spiro atoms. The molecule has 0 saturated heterocycles. The summed E-state index contributed by atoms with van der Waals surface area (Å²) in [5, 5.41) is 18.0. The molecule has 0 aliphatic carbocycles. The fourth-order valence-corrected chi connectivity index (χ4v) is 6.07. The number of allylic oxidation sites excluding steroid dienone is 2. The first-order chi connectivity index (χ1) is 23.6. The van der Waals surface area contributed by atoms with Gasteiger partial charge in [-0.25, -0.2) is 9.59 Å². The lowest BCUT2D eigenvalue weighted by molar-refractivity contribution is -0.149. The number of hydrogen-bond donors (Lipinski definition) is 2. The maximum Gasteiger partial charge on any atom is 0.329 e. The second kappa shape index (κ2) is 17.6. The van der Waals surface area contributed by atoms with Crippen LogP contribution in [0.1, 0.15) is 99.9 Å². The van der Waals surface area contributed by atoms with Crippen molar-refractivity contribution in [2.45, 2.75) is 96.9 Å². The number of ketones is 1. The summed E-state index contributed by atoms with van der Waals surface area (Å²) in [6.07, 6.45) is 5.18. The van der Waals surface area contributed by atoms with Crippen LogP contribution < -0.4 is 23.7 Å². The standard InChI is InChI=1S/C38H52O12/c1-23(11-10-17-37(2,3)48-21-32(40)41)12-13-25-24(14-15-28(44-6)35(25)46-8)30-19-27(39)34-31(50-30)20-29(45-7)26(36(34)47-9)16-18-38(4,5)49-22-33(42)43/h12,14-15,20,30H,10-11,13,16-19,21-22H2,1-9H3,(H,40,41)(H,42,43). The van der Waals surface area contributed by atoms with Gasteiger partial charge in [-0.05, 0) is 79.2 Å². The number of aliphatic carboxylic acids is 2. The molecular weight excluding hydrogens is 648 g/mol. The van der Waals surface area contributed by atoms with E-state index in [0.29, 0.717) is 65.6 Å². The Hall–Kier alpha value is -4.29. The number of fused-ring (bicyclic) bond motifs is 1. The van der Waals surface area contributed by atoms with Crippen LogP contribution in [0.4, 0.5) is 0 Å². The molecule has 2 aromatic rings. The summed E-state index contributed by atoms with van der Waals surface area (Å²) in [5.74, 6) is 0.0880. The van der Waals surface area contributed by atoms with Crippen LogP contribution in [0.5, 0.6) is 28.7 Å². The van der Waals surface area contributed by atoms with Gasteiger partial charge in [0.1, 0.15) is 42.1 Å². The van der Waals surface area contributed by atoms with Crippen molar-refractivity contribution in [1.29, 1.82) is 0 Å². The van der Waals surface area contributed by atoms with Crippen molar-refractivity contribution in [3.8, 4) is 28.7 Å². The Kier molecular flexibility index (Phi) is 14.1. The maximum absolute atomic E-state index is 13.9. The van der Waals surface area contributed by atoms with E-state index in [1.54, 1.807) is 26.4 Å². The van der Waals surface area contributed by atoms with Gasteiger partial charge in [0.2, 0.25) is 0 Å². The number of carboxylic acid groups (broad SMARTS) is 2. The minimum atomic E-state index is -1.05. The quantitative estimate of drug-likeness (QED) is 0.140.